The molecule has 2 aromatic rings. The average Bonchev–Trinajstić information content (AvgIpc) is 2.51. The van der Waals surface area contributed by atoms with Gasteiger partial charge < -0.3 is 14.8 Å². The molecule has 2 aromatic carbocycles. The molecule has 122 valence electrons. The molecule has 0 fully saturated rings. The predicted octanol–water partition coefficient (Wildman–Crippen LogP) is 3.15. The van der Waals surface area contributed by atoms with Crippen LogP contribution in [0.3, 0.4) is 0 Å². The fraction of sp³-hybridized carbons (Fsp3) is 0.278. The Morgan fingerprint density at radius 2 is 2.00 bits per heavy atom. The van der Waals surface area contributed by atoms with Crippen LogP contribution in [0.25, 0.3) is 0 Å². The van der Waals surface area contributed by atoms with Gasteiger partial charge in [-0.25, -0.2) is 4.39 Å². The van der Waals surface area contributed by atoms with Crippen molar-refractivity contribution < 1.29 is 18.7 Å². The van der Waals surface area contributed by atoms with Gasteiger partial charge in [-0.2, -0.15) is 0 Å². The van der Waals surface area contributed by atoms with Crippen molar-refractivity contribution in [3.8, 4) is 11.5 Å². The number of carbonyl (C=O) groups excluding carboxylic acids is 1. The van der Waals surface area contributed by atoms with E-state index in [2.05, 4.69) is 5.32 Å². The van der Waals surface area contributed by atoms with Gasteiger partial charge in [0.2, 0.25) is 0 Å². The fourth-order valence-corrected chi connectivity index (χ4v) is 2.31. The minimum absolute atomic E-state index is 0.170. The molecule has 0 radical (unpaired) electrons. The van der Waals surface area contributed by atoms with Crippen molar-refractivity contribution in [3.05, 3.63) is 58.9 Å². The Labute approximate surface area is 135 Å². The normalized spacial score (nSPS) is 10.3. The standard InChI is InChI=1S/C18H20FNO3/c1-12-7-13(2)16(17(8-12)22-3)10-20-18(21)11-23-15-6-4-5-14(19)9-15/h4-9H,10-11H2,1-3H3,(H,20,21). The molecular weight excluding hydrogens is 297 g/mol. The summed E-state index contributed by atoms with van der Waals surface area (Å²) in [6, 6.07) is 9.65. The van der Waals surface area contributed by atoms with Gasteiger partial charge in [0.1, 0.15) is 17.3 Å². The second-order valence-corrected chi connectivity index (χ2v) is 5.29. The first-order valence-electron chi connectivity index (χ1n) is 7.29. The number of amides is 1. The Kier molecular flexibility index (Phi) is 5.57. The van der Waals surface area contributed by atoms with Gasteiger partial charge in [-0.1, -0.05) is 12.1 Å². The molecule has 0 spiro atoms. The summed E-state index contributed by atoms with van der Waals surface area (Å²) in [7, 11) is 1.60. The summed E-state index contributed by atoms with van der Waals surface area (Å²) in [6.07, 6.45) is 0. The van der Waals surface area contributed by atoms with E-state index in [4.69, 9.17) is 9.47 Å². The SMILES string of the molecule is COc1cc(C)cc(C)c1CNC(=O)COc1cccc(F)c1. The van der Waals surface area contributed by atoms with Gasteiger partial charge in [-0.05, 0) is 43.2 Å². The number of rotatable bonds is 6. The molecule has 1 amide bonds. The first kappa shape index (κ1) is 16.8. The van der Waals surface area contributed by atoms with Gasteiger partial charge in [0.15, 0.2) is 6.61 Å². The predicted molar refractivity (Wildman–Crippen MR) is 86.2 cm³/mol. The molecule has 0 aliphatic rings. The Bertz CT molecular complexity index is 701. The van der Waals surface area contributed by atoms with Crippen LogP contribution in [-0.4, -0.2) is 19.6 Å². The van der Waals surface area contributed by atoms with Crippen molar-refractivity contribution in [2.75, 3.05) is 13.7 Å². The molecule has 0 aromatic heterocycles. The van der Waals surface area contributed by atoms with Gasteiger partial charge in [-0.3, -0.25) is 4.79 Å². The maximum atomic E-state index is 13.0. The first-order chi connectivity index (χ1) is 11.0. The zero-order valence-corrected chi connectivity index (χ0v) is 13.5. The second kappa shape index (κ2) is 7.63. The van der Waals surface area contributed by atoms with Crippen molar-refractivity contribution >= 4 is 5.91 Å². The molecule has 2 rings (SSSR count). The maximum Gasteiger partial charge on any atom is 0.258 e. The minimum atomic E-state index is -0.400. The van der Waals surface area contributed by atoms with Gasteiger partial charge in [0.25, 0.3) is 5.91 Å². The van der Waals surface area contributed by atoms with Crippen molar-refractivity contribution in [2.45, 2.75) is 20.4 Å². The smallest absolute Gasteiger partial charge is 0.258 e. The molecule has 0 unspecified atom stereocenters. The van der Waals surface area contributed by atoms with E-state index in [9.17, 15) is 9.18 Å². The number of benzene rings is 2. The minimum Gasteiger partial charge on any atom is -0.496 e. The lowest BCUT2D eigenvalue weighted by Crippen LogP contribution is -2.28. The number of methoxy groups -OCH3 is 1. The molecule has 0 aliphatic heterocycles. The molecule has 0 saturated carbocycles. The molecule has 1 N–H and O–H groups in total. The highest BCUT2D eigenvalue weighted by molar-refractivity contribution is 5.77. The number of hydrogen-bond donors (Lipinski definition) is 1. The number of hydrogen-bond acceptors (Lipinski definition) is 3. The zero-order valence-electron chi connectivity index (χ0n) is 13.5. The van der Waals surface area contributed by atoms with Crippen molar-refractivity contribution in [1.29, 1.82) is 0 Å². The van der Waals surface area contributed by atoms with E-state index >= 15 is 0 Å². The molecule has 0 saturated heterocycles. The van der Waals surface area contributed by atoms with E-state index in [1.807, 2.05) is 26.0 Å². The third kappa shape index (κ3) is 4.71. The number of carbonyl (C=O) groups is 1. The largest absolute Gasteiger partial charge is 0.496 e. The average molecular weight is 317 g/mol. The molecular formula is C18H20FNO3. The lowest BCUT2D eigenvalue weighted by Gasteiger charge is -2.14. The molecule has 0 atom stereocenters. The zero-order chi connectivity index (χ0) is 16.8. The topological polar surface area (TPSA) is 47.6 Å². The first-order valence-corrected chi connectivity index (χ1v) is 7.29. The van der Waals surface area contributed by atoms with E-state index < -0.39 is 5.82 Å². The summed E-state index contributed by atoms with van der Waals surface area (Å²) < 4.78 is 23.6. The highest BCUT2D eigenvalue weighted by Crippen LogP contribution is 2.23. The van der Waals surface area contributed by atoms with E-state index in [-0.39, 0.29) is 12.5 Å². The van der Waals surface area contributed by atoms with Crippen LogP contribution >= 0.6 is 0 Å². The Morgan fingerprint density at radius 1 is 1.22 bits per heavy atom. The van der Waals surface area contributed by atoms with Crippen LogP contribution in [0.1, 0.15) is 16.7 Å². The van der Waals surface area contributed by atoms with Crippen LogP contribution in [0.15, 0.2) is 36.4 Å². The second-order valence-electron chi connectivity index (χ2n) is 5.29. The lowest BCUT2D eigenvalue weighted by atomic mass is 10.0. The third-order valence-electron chi connectivity index (χ3n) is 3.42. The van der Waals surface area contributed by atoms with Gasteiger partial charge in [0.05, 0.1) is 7.11 Å². The van der Waals surface area contributed by atoms with E-state index in [1.165, 1.54) is 18.2 Å². The molecule has 0 aliphatic carbocycles. The summed E-state index contributed by atoms with van der Waals surface area (Å²) >= 11 is 0. The van der Waals surface area contributed by atoms with Gasteiger partial charge in [-0.15, -0.1) is 0 Å². The van der Waals surface area contributed by atoms with Crippen LogP contribution in [0.2, 0.25) is 0 Å². The van der Waals surface area contributed by atoms with Crippen LogP contribution in [0.5, 0.6) is 11.5 Å². The highest BCUT2D eigenvalue weighted by Gasteiger charge is 2.10. The molecule has 5 heteroatoms. The van der Waals surface area contributed by atoms with Gasteiger partial charge in [0, 0.05) is 18.2 Å². The monoisotopic (exact) mass is 317 g/mol. The quantitative estimate of drug-likeness (QED) is 0.890. The van der Waals surface area contributed by atoms with Crippen molar-refractivity contribution in [1.82, 2.24) is 5.32 Å². The summed E-state index contributed by atoms with van der Waals surface area (Å²) in [5.74, 6) is 0.386. The highest BCUT2D eigenvalue weighted by atomic mass is 19.1. The van der Waals surface area contributed by atoms with E-state index in [0.717, 1.165) is 22.4 Å². The molecule has 0 bridgehead atoms. The summed E-state index contributed by atoms with van der Waals surface area (Å²) in [6.45, 7) is 4.14. The number of nitrogens with one attached hydrogen (secondary N) is 1. The van der Waals surface area contributed by atoms with E-state index in [0.29, 0.717) is 12.3 Å². The lowest BCUT2D eigenvalue weighted by molar-refractivity contribution is -0.123. The van der Waals surface area contributed by atoms with Crippen LogP contribution in [0.4, 0.5) is 4.39 Å². The van der Waals surface area contributed by atoms with Crippen LogP contribution in [-0.2, 0) is 11.3 Å². The Morgan fingerprint density at radius 3 is 2.70 bits per heavy atom. The Balaban J connectivity index is 1.92. The van der Waals surface area contributed by atoms with Crippen molar-refractivity contribution in [3.63, 3.8) is 0 Å². The number of aryl methyl sites for hydroxylation is 2. The molecule has 23 heavy (non-hydrogen) atoms. The summed E-state index contributed by atoms with van der Waals surface area (Å²) in [5, 5.41) is 2.78. The maximum absolute atomic E-state index is 13.0. The van der Waals surface area contributed by atoms with Crippen LogP contribution in [0, 0.1) is 19.7 Å². The third-order valence-corrected chi connectivity index (χ3v) is 3.42. The van der Waals surface area contributed by atoms with Crippen molar-refractivity contribution in [2.24, 2.45) is 0 Å². The molecule has 0 heterocycles. The van der Waals surface area contributed by atoms with Gasteiger partial charge >= 0.3 is 0 Å². The number of ether oxygens (including phenoxy) is 2. The van der Waals surface area contributed by atoms with E-state index in [1.54, 1.807) is 13.2 Å². The summed E-state index contributed by atoms with van der Waals surface area (Å²) in [4.78, 5) is 11.9. The summed E-state index contributed by atoms with van der Waals surface area (Å²) in [5.41, 5.74) is 3.08. The molecule has 4 nitrogen and oxygen atoms in total. The fourth-order valence-electron chi connectivity index (χ4n) is 2.31. The Hall–Kier alpha value is -2.56. The van der Waals surface area contributed by atoms with Crippen LogP contribution < -0.4 is 14.8 Å². The number of halogens is 1.